The van der Waals surface area contributed by atoms with E-state index >= 15 is 0 Å². The van der Waals surface area contributed by atoms with Gasteiger partial charge in [0.1, 0.15) is 5.52 Å². The van der Waals surface area contributed by atoms with Gasteiger partial charge in [0, 0.05) is 24.8 Å². The highest BCUT2D eigenvalue weighted by molar-refractivity contribution is 5.73. The standard InChI is InChI=1S/C18H18N6/c1-2-7-18-17(6-1)22-23-24(18)9-8-19-11-14-4-3-5-15(10-14)16-12-20-21-13-16/h1-7,10,12-13,19H,8-9,11H2,(H,20,21). The number of nitrogens with zero attached hydrogens (tertiary/aromatic N) is 4. The van der Waals surface area contributed by atoms with E-state index in [1.807, 2.05) is 41.3 Å². The van der Waals surface area contributed by atoms with Crippen molar-refractivity contribution in [3.05, 3.63) is 66.5 Å². The van der Waals surface area contributed by atoms with Gasteiger partial charge in [-0.2, -0.15) is 5.10 Å². The van der Waals surface area contributed by atoms with Gasteiger partial charge in [-0.25, -0.2) is 4.68 Å². The molecule has 4 rings (SSSR count). The number of benzene rings is 2. The largest absolute Gasteiger partial charge is 0.311 e. The van der Waals surface area contributed by atoms with Gasteiger partial charge in [0.2, 0.25) is 0 Å². The second-order valence-corrected chi connectivity index (χ2v) is 5.67. The Hall–Kier alpha value is -2.99. The van der Waals surface area contributed by atoms with E-state index in [1.165, 1.54) is 11.1 Å². The summed E-state index contributed by atoms with van der Waals surface area (Å²) in [6.45, 7) is 2.45. The topological polar surface area (TPSA) is 71.4 Å². The van der Waals surface area contributed by atoms with Crippen molar-refractivity contribution in [2.24, 2.45) is 0 Å². The highest BCUT2D eigenvalue weighted by Gasteiger charge is 2.03. The molecule has 2 N–H and O–H groups in total. The van der Waals surface area contributed by atoms with E-state index in [0.29, 0.717) is 0 Å². The molecule has 0 amide bonds. The van der Waals surface area contributed by atoms with Gasteiger partial charge >= 0.3 is 0 Å². The summed E-state index contributed by atoms with van der Waals surface area (Å²) >= 11 is 0. The maximum absolute atomic E-state index is 4.20. The van der Waals surface area contributed by atoms with Gasteiger partial charge in [-0.3, -0.25) is 5.10 Å². The maximum atomic E-state index is 4.20. The quantitative estimate of drug-likeness (QED) is 0.536. The van der Waals surface area contributed by atoms with E-state index in [4.69, 9.17) is 0 Å². The number of hydrogen-bond acceptors (Lipinski definition) is 4. The summed E-state index contributed by atoms with van der Waals surface area (Å²) in [5.74, 6) is 0. The second kappa shape index (κ2) is 6.64. The van der Waals surface area contributed by atoms with Gasteiger partial charge < -0.3 is 5.32 Å². The lowest BCUT2D eigenvalue weighted by atomic mass is 10.1. The lowest BCUT2D eigenvalue weighted by Crippen LogP contribution is -2.20. The molecule has 0 bridgehead atoms. The Balaban J connectivity index is 1.35. The Kier molecular flexibility index (Phi) is 4.04. The van der Waals surface area contributed by atoms with Crippen molar-refractivity contribution in [3.8, 4) is 11.1 Å². The van der Waals surface area contributed by atoms with E-state index in [-0.39, 0.29) is 0 Å². The van der Waals surface area contributed by atoms with Crippen LogP contribution < -0.4 is 5.32 Å². The fourth-order valence-corrected chi connectivity index (χ4v) is 2.77. The molecule has 24 heavy (non-hydrogen) atoms. The molecule has 2 heterocycles. The molecule has 0 fully saturated rings. The third-order valence-electron chi connectivity index (χ3n) is 4.01. The van der Waals surface area contributed by atoms with Crippen LogP contribution in [0.5, 0.6) is 0 Å². The number of aromatic nitrogens is 5. The first-order valence-electron chi connectivity index (χ1n) is 7.97. The van der Waals surface area contributed by atoms with Crippen LogP contribution in [0.2, 0.25) is 0 Å². The zero-order chi connectivity index (χ0) is 16.2. The van der Waals surface area contributed by atoms with Crippen molar-refractivity contribution in [3.63, 3.8) is 0 Å². The summed E-state index contributed by atoms with van der Waals surface area (Å²) in [6.07, 6.45) is 3.74. The number of fused-ring (bicyclic) bond motifs is 1. The number of rotatable bonds is 6. The van der Waals surface area contributed by atoms with E-state index in [1.54, 1.807) is 0 Å². The summed E-state index contributed by atoms with van der Waals surface area (Å²) in [5, 5.41) is 18.7. The number of nitrogens with one attached hydrogen (secondary N) is 2. The first kappa shape index (κ1) is 14.6. The van der Waals surface area contributed by atoms with Gasteiger partial charge in [0.25, 0.3) is 0 Å². The van der Waals surface area contributed by atoms with Crippen LogP contribution >= 0.6 is 0 Å². The number of hydrogen-bond donors (Lipinski definition) is 2. The van der Waals surface area contributed by atoms with Crippen LogP contribution in [-0.2, 0) is 13.1 Å². The molecule has 2 aromatic carbocycles. The summed E-state index contributed by atoms with van der Waals surface area (Å²) in [6, 6.07) is 16.5. The van der Waals surface area contributed by atoms with Crippen molar-refractivity contribution >= 4 is 11.0 Å². The lowest BCUT2D eigenvalue weighted by Gasteiger charge is -2.07. The number of para-hydroxylation sites is 1. The average Bonchev–Trinajstić information content (AvgIpc) is 3.29. The minimum Gasteiger partial charge on any atom is -0.311 e. The van der Waals surface area contributed by atoms with Crippen LogP contribution in [0, 0.1) is 0 Å². The zero-order valence-electron chi connectivity index (χ0n) is 13.2. The fourth-order valence-electron chi connectivity index (χ4n) is 2.77. The van der Waals surface area contributed by atoms with Crippen LogP contribution in [0.1, 0.15) is 5.56 Å². The molecule has 6 nitrogen and oxygen atoms in total. The third kappa shape index (κ3) is 3.04. The molecule has 2 aromatic heterocycles. The van der Waals surface area contributed by atoms with Crippen LogP contribution in [0.15, 0.2) is 60.9 Å². The molecule has 0 aliphatic rings. The molecule has 0 unspecified atom stereocenters. The molecule has 0 aliphatic heterocycles. The molecule has 0 saturated carbocycles. The fraction of sp³-hybridized carbons (Fsp3) is 0.167. The smallest absolute Gasteiger partial charge is 0.113 e. The Morgan fingerprint density at radius 1 is 1.04 bits per heavy atom. The number of aromatic amines is 1. The predicted molar refractivity (Wildman–Crippen MR) is 93.3 cm³/mol. The summed E-state index contributed by atoms with van der Waals surface area (Å²) < 4.78 is 1.93. The number of H-pyrrole nitrogens is 1. The SMILES string of the molecule is c1cc(CNCCn2nnc3ccccc32)cc(-c2cn[nH]c2)c1. The van der Waals surface area contributed by atoms with E-state index in [2.05, 4.69) is 50.1 Å². The van der Waals surface area contributed by atoms with Crippen molar-refractivity contribution in [2.75, 3.05) is 6.54 Å². The first-order chi connectivity index (χ1) is 11.9. The molecular weight excluding hydrogens is 300 g/mol. The van der Waals surface area contributed by atoms with Crippen molar-refractivity contribution in [1.29, 1.82) is 0 Å². The van der Waals surface area contributed by atoms with Crippen molar-refractivity contribution in [1.82, 2.24) is 30.5 Å². The van der Waals surface area contributed by atoms with Crippen molar-refractivity contribution in [2.45, 2.75) is 13.1 Å². The van der Waals surface area contributed by atoms with Crippen molar-refractivity contribution < 1.29 is 0 Å². The van der Waals surface area contributed by atoms with Crippen LogP contribution in [0.4, 0.5) is 0 Å². The monoisotopic (exact) mass is 318 g/mol. The molecule has 120 valence electrons. The molecule has 0 spiro atoms. The van der Waals surface area contributed by atoms with E-state index in [9.17, 15) is 0 Å². The van der Waals surface area contributed by atoms with E-state index < -0.39 is 0 Å². The zero-order valence-corrected chi connectivity index (χ0v) is 13.2. The van der Waals surface area contributed by atoms with Crippen LogP contribution in [0.3, 0.4) is 0 Å². The van der Waals surface area contributed by atoms with E-state index in [0.717, 1.165) is 36.2 Å². The Morgan fingerprint density at radius 2 is 2.00 bits per heavy atom. The molecule has 0 atom stereocenters. The summed E-state index contributed by atoms with van der Waals surface area (Å²) in [4.78, 5) is 0. The average molecular weight is 318 g/mol. The van der Waals surface area contributed by atoms with Gasteiger partial charge in [0.15, 0.2) is 0 Å². The molecular formula is C18H18N6. The Bertz CT molecular complexity index is 926. The van der Waals surface area contributed by atoms with Crippen LogP contribution in [0.25, 0.3) is 22.2 Å². The van der Waals surface area contributed by atoms with Gasteiger partial charge in [-0.05, 0) is 29.3 Å². The van der Waals surface area contributed by atoms with Gasteiger partial charge in [-0.1, -0.05) is 35.5 Å². The maximum Gasteiger partial charge on any atom is 0.113 e. The normalized spacial score (nSPS) is 11.2. The summed E-state index contributed by atoms with van der Waals surface area (Å²) in [7, 11) is 0. The van der Waals surface area contributed by atoms with Crippen LogP contribution in [-0.4, -0.2) is 31.7 Å². The highest BCUT2D eigenvalue weighted by Crippen LogP contribution is 2.18. The molecule has 0 radical (unpaired) electrons. The molecule has 0 aliphatic carbocycles. The third-order valence-corrected chi connectivity index (χ3v) is 4.01. The van der Waals surface area contributed by atoms with Gasteiger partial charge in [0.05, 0.1) is 18.3 Å². The summed E-state index contributed by atoms with van der Waals surface area (Å²) in [5.41, 5.74) is 5.53. The minimum absolute atomic E-state index is 0.794. The Morgan fingerprint density at radius 3 is 2.92 bits per heavy atom. The first-order valence-corrected chi connectivity index (χ1v) is 7.97. The lowest BCUT2D eigenvalue weighted by molar-refractivity contribution is 0.552. The Labute approximate surface area is 139 Å². The second-order valence-electron chi connectivity index (χ2n) is 5.67. The molecule has 0 saturated heterocycles. The predicted octanol–water partition coefficient (Wildman–Crippen LogP) is 2.61. The van der Waals surface area contributed by atoms with Gasteiger partial charge in [-0.15, -0.1) is 5.10 Å². The highest BCUT2D eigenvalue weighted by atomic mass is 15.4. The minimum atomic E-state index is 0.794. The molecule has 4 aromatic rings. The molecule has 6 heteroatoms.